The number of nitrogens with two attached hydrogens (primary N) is 1. The van der Waals surface area contributed by atoms with E-state index in [1.807, 2.05) is 32.0 Å². The molecule has 0 aliphatic carbocycles. The lowest BCUT2D eigenvalue weighted by Crippen LogP contribution is -2.25. The first kappa shape index (κ1) is 16.0. The Morgan fingerprint density at radius 3 is 2.65 bits per heavy atom. The second-order valence-electron chi connectivity index (χ2n) is 4.76. The standard InChI is InChI=1S/C15H23N3O2/c1-3-17-13-8-7-11(2)10-12(13)15(20)18-9-5-4-6-14(16)19/h7-8,10,17H,3-6,9H2,1-2H3,(H2,16,19)(H,18,20). The molecule has 0 aliphatic rings. The van der Waals surface area contributed by atoms with Crippen molar-refractivity contribution in [3.05, 3.63) is 29.3 Å². The maximum absolute atomic E-state index is 12.1. The number of unbranched alkanes of at least 4 members (excludes halogenated alkanes) is 1. The van der Waals surface area contributed by atoms with Crippen molar-refractivity contribution in [2.45, 2.75) is 33.1 Å². The molecule has 0 saturated heterocycles. The molecule has 1 aromatic rings. The normalized spacial score (nSPS) is 10.1. The van der Waals surface area contributed by atoms with Gasteiger partial charge in [-0.1, -0.05) is 11.6 Å². The van der Waals surface area contributed by atoms with Crippen LogP contribution in [0.3, 0.4) is 0 Å². The van der Waals surface area contributed by atoms with Crippen molar-refractivity contribution in [3.8, 4) is 0 Å². The third kappa shape index (κ3) is 5.30. The zero-order chi connectivity index (χ0) is 15.0. The van der Waals surface area contributed by atoms with E-state index >= 15 is 0 Å². The molecule has 4 N–H and O–H groups in total. The lowest BCUT2D eigenvalue weighted by atomic mass is 10.1. The molecule has 2 amide bonds. The van der Waals surface area contributed by atoms with Gasteiger partial charge < -0.3 is 16.4 Å². The highest BCUT2D eigenvalue weighted by atomic mass is 16.2. The van der Waals surface area contributed by atoms with Crippen LogP contribution < -0.4 is 16.4 Å². The van der Waals surface area contributed by atoms with Crippen molar-refractivity contribution in [1.82, 2.24) is 5.32 Å². The molecular formula is C15H23N3O2. The summed E-state index contributed by atoms with van der Waals surface area (Å²) in [5.41, 5.74) is 7.60. The molecule has 0 bridgehead atoms. The number of carbonyl (C=O) groups excluding carboxylic acids is 2. The summed E-state index contributed by atoms with van der Waals surface area (Å²) in [6.07, 6.45) is 1.81. The molecule has 5 heteroatoms. The van der Waals surface area contributed by atoms with E-state index in [1.54, 1.807) is 0 Å². The van der Waals surface area contributed by atoms with Crippen LogP contribution in [0.1, 0.15) is 42.1 Å². The average Bonchev–Trinajstić information content (AvgIpc) is 2.40. The van der Waals surface area contributed by atoms with Crippen LogP contribution in [0.25, 0.3) is 0 Å². The van der Waals surface area contributed by atoms with Gasteiger partial charge in [0.05, 0.1) is 5.56 Å². The Hall–Kier alpha value is -2.04. The first-order chi connectivity index (χ1) is 9.54. The fourth-order valence-electron chi connectivity index (χ4n) is 1.91. The Balaban J connectivity index is 2.53. The number of rotatable bonds is 8. The van der Waals surface area contributed by atoms with Crippen LogP contribution in [-0.2, 0) is 4.79 Å². The second kappa shape index (κ2) is 8.19. The largest absolute Gasteiger partial charge is 0.385 e. The van der Waals surface area contributed by atoms with Crippen LogP contribution in [0.4, 0.5) is 5.69 Å². The summed E-state index contributed by atoms with van der Waals surface area (Å²) in [4.78, 5) is 22.7. The third-order valence-electron chi connectivity index (χ3n) is 2.92. The van der Waals surface area contributed by atoms with Gasteiger partial charge in [-0.3, -0.25) is 9.59 Å². The number of aryl methyl sites for hydroxylation is 1. The van der Waals surface area contributed by atoms with Gasteiger partial charge in [-0.25, -0.2) is 0 Å². The van der Waals surface area contributed by atoms with Gasteiger partial charge in [0.25, 0.3) is 5.91 Å². The molecule has 20 heavy (non-hydrogen) atoms. The topological polar surface area (TPSA) is 84.2 Å². The smallest absolute Gasteiger partial charge is 0.253 e. The van der Waals surface area contributed by atoms with Crippen molar-refractivity contribution >= 4 is 17.5 Å². The first-order valence-corrected chi connectivity index (χ1v) is 6.95. The van der Waals surface area contributed by atoms with Gasteiger partial charge in [0, 0.05) is 25.2 Å². The Kier molecular flexibility index (Phi) is 6.56. The van der Waals surface area contributed by atoms with Crippen LogP contribution in [0.5, 0.6) is 0 Å². The fraction of sp³-hybridized carbons (Fsp3) is 0.467. The molecule has 0 fully saturated rings. The van der Waals surface area contributed by atoms with Crippen molar-refractivity contribution in [2.75, 3.05) is 18.4 Å². The van der Waals surface area contributed by atoms with E-state index in [0.29, 0.717) is 24.9 Å². The number of nitrogens with one attached hydrogen (secondary N) is 2. The van der Waals surface area contributed by atoms with Gasteiger partial charge in [-0.05, 0) is 38.8 Å². The van der Waals surface area contributed by atoms with Crippen molar-refractivity contribution < 1.29 is 9.59 Å². The predicted octanol–water partition coefficient (Wildman–Crippen LogP) is 1.81. The number of hydrogen-bond donors (Lipinski definition) is 3. The zero-order valence-electron chi connectivity index (χ0n) is 12.2. The van der Waals surface area contributed by atoms with E-state index in [9.17, 15) is 9.59 Å². The summed E-state index contributed by atoms with van der Waals surface area (Å²) in [5.74, 6) is -0.395. The average molecular weight is 277 g/mol. The van der Waals surface area contributed by atoms with E-state index < -0.39 is 0 Å². The minimum absolute atomic E-state index is 0.0938. The molecule has 1 aromatic carbocycles. The van der Waals surface area contributed by atoms with E-state index in [4.69, 9.17) is 5.73 Å². The Morgan fingerprint density at radius 1 is 1.25 bits per heavy atom. The molecule has 0 aliphatic heterocycles. The zero-order valence-corrected chi connectivity index (χ0v) is 12.2. The summed E-state index contributed by atoms with van der Waals surface area (Å²) < 4.78 is 0. The van der Waals surface area contributed by atoms with Crippen LogP contribution in [0.2, 0.25) is 0 Å². The van der Waals surface area contributed by atoms with Gasteiger partial charge >= 0.3 is 0 Å². The van der Waals surface area contributed by atoms with E-state index in [2.05, 4.69) is 10.6 Å². The van der Waals surface area contributed by atoms with Crippen molar-refractivity contribution in [3.63, 3.8) is 0 Å². The quantitative estimate of drug-likeness (QED) is 0.634. The third-order valence-corrected chi connectivity index (χ3v) is 2.92. The fourth-order valence-corrected chi connectivity index (χ4v) is 1.91. The summed E-state index contributed by atoms with van der Waals surface area (Å²) >= 11 is 0. The lowest BCUT2D eigenvalue weighted by molar-refractivity contribution is -0.118. The molecule has 0 saturated carbocycles. The Labute approximate surface area is 119 Å². The van der Waals surface area contributed by atoms with E-state index in [1.165, 1.54) is 0 Å². The molecule has 0 aromatic heterocycles. The molecule has 1 rings (SSSR count). The van der Waals surface area contributed by atoms with Gasteiger partial charge in [0.2, 0.25) is 5.91 Å². The van der Waals surface area contributed by atoms with Crippen molar-refractivity contribution in [1.29, 1.82) is 0 Å². The number of hydrogen-bond acceptors (Lipinski definition) is 3. The maximum Gasteiger partial charge on any atom is 0.253 e. The van der Waals surface area contributed by atoms with Crippen LogP contribution in [0.15, 0.2) is 18.2 Å². The van der Waals surface area contributed by atoms with Gasteiger partial charge in [-0.2, -0.15) is 0 Å². The Morgan fingerprint density at radius 2 is 2.00 bits per heavy atom. The molecule has 5 nitrogen and oxygen atoms in total. The van der Waals surface area contributed by atoms with Gasteiger partial charge in [0.1, 0.15) is 0 Å². The lowest BCUT2D eigenvalue weighted by Gasteiger charge is -2.12. The minimum Gasteiger partial charge on any atom is -0.385 e. The van der Waals surface area contributed by atoms with Crippen molar-refractivity contribution in [2.24, 2.45) is 5.73 Å². The predicted molar refractivity (Wildman–Crippen MR) is 80.7 cm³/mol. The monoisotopic (exact) mass is 277 g/mol. The van der Waals surface area contributed by atoms with Gasteiger partial charge in [-0.15, -0.1) is 0 Å². The number of amides is 2. The highest BCUT2D eigenvalue weighted by Crippen LogP contribution is 2.17. The summed E-state index contributed by atoms with van der Waals surface area (Å²) in [7, 11) is 0. The summed E-state index contributed by atoms with van der Waals surface area (Å²) in [5, 5.41) is 6.05. The number of anilines is 1. The molecule has 0 unspecified atom stereocenters. The van der Waals surface area contributed by atoms with Gasteiger partial charge in [0.15, 0.2) is 0 Å². The van der Waals surface area contributed by atoms with Crippen LogP contribution in [0, 0.1) is 6.92 Å². The molecule has 0 spiro atoms. The summed E-state index contributed by atoms with van der Waals surface area (Å²) in [6.45, 7) is 5.26. The highest BCUT2D eigenvalue weighted by Gasteiger charge is 2.10. The summed E-state index contributed by atoms with van der Waals surface area (Å²) in [6, 6.07) is 5.76. The van der Waals surface area contributed by atoms with Crippen LogP contribution in [-0.4, -0.2) is 24.9 Å². The molecule has 110 valence electrons. The second-order valence-corrected chi connectivity index (χ2v) is 4.76. The number of primary amides is 1. The van der Waals surface area contributed by atoms with Crippen LogP contribution >= 0.6 is 0 Å². The molecule has 0 atom stereocenters. The molecular weight excluding hydrogens is 254 g/mol. The number of carbonyl (C=O) groups is 2. The van der Waals surface area contributed by atoms with E-state index in [0.717, 1.165) is 24.2 Å². The maximum atomic E-state index is 12.1. The first-order valence-electron chi connectivity index (χ1n) is 6.95. The Bertz CT molecular complexity index is 472. The molecule has 0 heterocycles. The number of benzene rings is 1. The minimum atomic E-state index is -0.301. The van der Waals surface area contributed by atoms with E-state index in [-0.39, 0.29) is 11.8 Å². The SMILES string of the molecule is CCNc1ccc(C)cc1C(=O)NCCCCC(N)=O. The highest BCUT2D eigenvalue weighted by molar-refractivity contribution is 5.99. The molecule has 0 radical (unpaired) electrons.